The van der Waals surface area contributed by atoms with Crippen LogP contribution in [0.3, 0.4) is 0 Å². The van der Waals surface area contributed by atoms with E-state index >= 15 is 0 Å². The molecule has 1 aliphatic heterocycles. The molecule has 8 heteroatoms. The third-order valence-corrected chi connectivity index (χ3v) is 9.27. The zero-order valence-corrected chi connectivity index (χ0v) is 28.1. The first-order valence-electron chi connectivity index (χ1n) is 16.6. The van der Waals surface area contributed by atoms with Gasteiger partial charge in [0.1, 0.15) is 11.4 Å². The Morgan fingerprint density at radius 1 is 1.00 bits per heavy atom. The highest BCUT2D eigenvalue weighted by atomic mass is 16.6. The molecule has 5 rings (SSSR count). The normalized spacial score (nSPS) is 17.2. The fourth-order valence-electron chi connectivity index (χ4n) is 6.90. The van der Waals surface area contributed by atoms with Gasteiger partial charge in [-0.2, -0.15) is 0 Å². The van der Waals surface area contributed by atoms with Crippen LogP contribution >= 0.6 is 0 Å². The van der Waals surface area contributed by atoms with Gasteiger partial charge in [0, 0.05) is 49.1 Å². The monoisotopic (exact) mass is 617 g/mol. The van der Waals surface area contributed by atoms with Gasteiger partial charge in [-0.3, -0.25) is 0 Å². The van der Waals surface area contributed by atoms with E-state index in [1.165, 1.54) is 55.9 Å². The van der Waals surface area contributed by atoms with E-state index in [0.29, 0.717) is 30.6 Å². The average Bonchev–Trinajstić information content (AvgIpc) is 3.33. The van der Waals surface area contributed by atoms with Gasteiger partial charge in [0.25, 0.3) is 0 Å². The molecule has 0 radical (unpaired) electrons. The summed E-state index contributed by atoms with van der Waals surface area (Å²) in [7, 11) is 5.34. The molecule has 0 unspecified atom stereocenters. The number of fused-ring (bicyclic) bond motifs is 5. The Kier molecular flexibility index (Phi) is 10.4. The molecule has 2 aliphatic rings. The molecule has 0 spiro atoms. The summed E-state index contributed by atoms with van der Waals surface area (Å²) in [6.07, 6.45) is 7.89. The highest BCUT2D eigenvalue weighted by Gasteiger charge is 2.31. The van der Waals surface area contributed by atoms with Gasteiger partial charge in [0.05, 0.1) is 25.0 Å². The number of aromatic nitrogens is 1. The second kappa shape index (κ2) is 14.3. The molecule has 1 saturated carbocycles. The molecule has 3 aromatic rings. The van der Waals surface area contributed by atoms with E-state index in [0.717, 1.165) is 49.3 Å². The first kappa shape index (κ1) is 32.9. The van der Waals surface area contributed by atoms with Crippen molar-refractivity contribution in [1.82, 2.24) is 14.4 Å². The lowest BCUT2D eigenvalue weighted by Crippen LogP contribution is -2.38. The molecule has 0 saturated heterocycles. The number of ether oxygens (including phenoxy) is 3. The van der Waals surface area contributed by atoms with E-state index in [2.05, 4.69) is 46.8 Å². The molecular weight excluding hydrogens is 566 g/mol. The average molecular weight is 618 g/mol. The van der Waals surface area contributed by atoms with Crippen molar-refractivity contribution in [3.05, 3.63) is 53.6 Å². The number of likely N-dealkylation sites (N-methyl/N-ethyl adjacent to an activating group) is 2. The molecule has 1 amide bonds. The summed E-state index contributed by atoms with van der Waals surface area (Å²) in [6.45, 7) is 9.43. The maximum absolute atomic E-state index is 12.6. The number of carbonyl (C=O) groups excluding carboxylic acids is 2. The second-order valence-corrected chi connectivity index (χ2v) is 14.0. The molecule has 1 atom stereocenters. The molecule has 1 fully saturated rings. The van der Waals surface area contributed by atoms with Crippen molar-refractivity contribution in [3.63, 3.8) is 0 Å². The van der Waals surface area contributed by atoms with Gasteiger partial charge < -0.3 is 28.6 Å². The highest BCUT2D eigenvalue weighted by Crippen LogP contribution is 2.47. The number of benzene rings is 2. The van der Waals surface area contributed by atoms with Crippen LogP contribution < -0.4 is 4.74 Å². The number of esters is 1. The Bertz CT molecular complexity index is 1480. The molecule has 1 aliphatic carbocycles. The Labute approximate surface area is 268 Å². The van der Waals surface area contributed by atoms with E-state index in [1.54, 1.807) is 11.9 Å². The molecule has 244 valence electrons. The first-order valence-corrected chi connectivity index (χ1v) is 16.6. The van der Waals surface area contributed by atoms with Crippen molar-refractivity contribution >= 4 is 23.0 Å². The lowest BCUT2D eigenvalue weighted by molar-refractivity contribution is 0.0286. The second-order valence-electron chi connectivity index (χ2n) is 14.0. The van der Waals surface area contributed by atoms with Crippen LogP contribution in [0.15, 0.2) is 42.5 Å². The van der Waals surface area contributed by atoms with Gasteiger partial charge in [0.15, 0.2) is 0 Å². The van der Waals surface area contributed by atoms with Crippen molar-refractivity contribution in [2.45, 2.75) is 83.8 Å². The number of hydrogen-bond donors (Lipinski definition) is 0. The zero-order valence-electron chi connectivity index (χ0n) is 28.1. The fraction of sp³-hybridized carbons (Fsp3) is 0.568. The largest absolute Gasteiger partial charge is 0.493 e. The Morgan fingerprint density at radius 3 is 2.49 bits per heavy atom. The first-order chi connectivity index (χ1) is 21.6. The van der Waals surface area contributed by atoms with Crippen LogP contribution in [0.25, 0.3) is 22.2 Å². The van der Waals surface area contributed by atoms with Crippen LogP contribution in [0, 0.1) is 5.92 Å². The quantitative estimate of drug-likeness (QED) is 0.229. The molecule has 45 heavy (non-hydrogen) atoms. The van der Waals surface area contributed by atoms with Crippen LogP contribution in [-0.4, -0.2) is 79.5 Å². The smallest absolute Gasteiger partial charge is 0.410 e. The Hall–Kier alpha value is -3.52. The van der Waals surface area contributed by atoms with Gasteiger partial charge in [-0.15, -0.1) is 0 Å². The number of carbonyl (C=O) groups is 2. The predicted molar refractivity (Wildman–Crippen MR) is 179 cm³/mol. The van der Waals surface area contributed by atoms with E-state index in [-0.39, 0.29) is 12.1 Å². The van der Waals surface area contributed by atoms with Crippen LogP contribution in [0.2, 0.25) is 0 Å². The summed E-state index contributed by atoms with van der Waals surface area (Å²) in [4.78, 5) is 28.9. The number of rotatable bonds is 9. The highest BCUT2D eigenvalue weighted by molar-refractivity contribution is 5.99. The van der Waals surface area contributed by atoms with E-state index < -0.39 is 5.60 Å². The van der Waals surface area contributed by atoms with E-state index in [9.17, 15) is 9.59 Å². The molecular formula is C37H51N3O5. The zero-order chi connectivity index (χ0) is 32.1. The number of nitrogens with zero attached hydrogens (tertiary/aromatic N) is 3. The predicted octanol–water partition coefficient (Wildman–Crippen LogP) is 7.73. The maximum Gasteiger partial charge on any atom is 0.410 e. The summed E-state index contributed by atoms with van der Waals surface area (Å²) in [5.41, 5.74) is 4.99. The van der Waals surface area contributed by atoms with E-state index in [1.807, 2.05) is 32.9 Å². The summed E-state index contributed by atoms with van der Waals surface area (Å²) < 4.78 is 19.7. The summed E-state index contributed by atoms with van der Waals surface area (Å²) >= 11 is 0. The van der Waals surface area contributed by atoms with Gasteiger partial charge in [-0.25, -0.2) is 9.59 Å². The number of para-hydroxylation sites is 1. The fourth-order valence-corrected chi connectivity index (χ4v) is 6.90. The number of methoxy groups -OCH3 is 1. The van der Waals surface area contributed by atoms with E-state index in [4.69, 9.17) is 14.2 Å². The number of amides is 1. The Morgan fingerprint density at radius 2 is 1.76 bits per heavy atom. The SMILES string of the molecule is COC(=O)c1ccc2c(C3CCCCC3)c3n(c2c1)C[C@@H](CCCN(C)CCN(C)C(=O)OC(C)(C)C)COc1ccccc1-3. The van der Waals surface area contributed by atoms with Gasteiger partial charge >= 0.3 is 12.1 Å². The maximum atomic E-state index is 12.6. The summed E-state index contributed by atoms with van der Waals surface area (Å²) in [5.74, 6) is 1.41. The summed E-state index contributed by atoms with van der Waals surface area (Å²) in [5, 5.41) is 1.24. The lowest BCUT2D eigenvalue weighted by Gasteiger charge is -2.28. The van der Waals surface area contributed by atoms with Crippen molar-refractivity contribution in [2.24, 2.45) is 5.92 Å². The van der Waals surface area contributed by atoms with Gasteiger partial charge in [0.2, 0.25) is 0 Å². The minimum absolute atomic E-state index is 0.291. The molecule has 0 N–H and O–H groups in total. The molecule has 2 aromatic carbocycles. The van der Waals surface area contributed by atoms with Crippen LogP contribution in [0.4, 0.5) is 4.79 Å². The third kappa shape index (κ3) is 7.83. The summed E-state index contributed by atoms with van der Waals surface area (Å²) in [6, 6.07) is 14.5. The molecule has 8 nitrogen and oxygen atoms in total. The van der Waals surface area contributed by atoms with Crippen LogP contribution in [-0.2, 0) is 16.0 Å². The van der Waals surface area contributed by atoms with Crippen molar-refractivity contribution in [3.8, 4) is 17.0 Å². The lowest BCUT2D eigenvalue weighted by atomic mass is 9.81. The van der Waals surface area contributed by atoms with Gasteiger partial charge in [-0.05, 0) is 95.8 Å². The third-order valence-electron chi connectivity index (χ3n) is 9.27. The van der Waals surface area contributed by atoms with Crippen molar-refractivity contribution in [1.29, 1.82) is 0 Å². The minimum Gasteiger partial charge on any atom is -0.493 e. The molecule has 0 bridgehead atoms. The van der Waals surface area contributed by atoms with Gasteiger partial charge in [-0.1, -0.05) is 37.5 Å². The molecule has 1 aromatic heterocycles. The minimum atomic E-state index is -0.500. The number of hydrogen-bond acceptors (Lipinski definition) is 6. The van der Waals surface area contributed by atoms with Crippen molar-refractivity contribution < 1.29 is 23.8 Å². The standard InChI is InChI=1S/C37H51N3O5/c1-37(2,3)45-36(42)39(5)22-21-38(4)20-12-13-26-24-40-31-23-28(35(41)43-6)18-19-29(31)33(27-14-8-7-9-15-27)34(40)30-16-10-11-17-32(30)44-25-26/h10-11,16-19,23,26-27H,7-9,12-15,20-22,24-25H2,1-6H3/t26-/m1/s1. The topological polar surface area (TPSA) is 73.2 Å². The Balaban J connectivity index is 1.38. The van der Waals surface area contributed by atoms with Crippen LogP contribution in [0.5, 0.6) is 5.75 Å². The van der Waals surface area contributed by atoms with Crippen LogP contribution in [0.1, 0.15) is 87.6 Å². The van der Waals surface area contributed by atoms with Crippen molar-refractivity contribution in [2.75, 3.05) is 47.4 Å². The molecule has 2 heterocycles.